The van der Waals surface area contributed by atoms with Gasteiger partial charge >= 0.3 is 0 Å². The van der Waals surface area contributed by atoms with E-state index in [2.05, 4.69) is 11.4 Å². The molecule has 0 bridgehead atoms. The number of nitrogens with zero attached hydrogens (tertiary/aromatic N) is 1. The van der Waals surface area contributed by atoms with Gasteiger partial charge in [-0.2, -0.15) is 0 Å². The summed E-state index contributed by atoms with van der Waals surface area (Å²) in [6.45, 7) is 2.02. The number of aryl methyl sites for hydroxylation is 1. The Morgan fingerprint density at radius 1 is 1.16 bits per heavy atom. The van der Waals surface area contributed by atoms with E-state index in [1.807, 2.05) is 54.2 Å². The van der Waals surface area contributed by atoms with Crippen LogP contribution in [0.3, 0.4) is 0 Å². The van der Waals surface area contributed by atoms with Gasteiger partial charge in [0.2, 0.25) is 5.91 Å². The smallest absolute Gasteiger partial charge is 0.226 e. The highest BCUT2D eigenvalue weighted by molar-refractivity contribution is 6.31. The molecule has 0 aliphatic rings. The molecule has 0 fully saturated rings. The lowest BCUT2D eigenvalue weighted by atomic mass is 10.0. The summed E-state index contributed by atoms with van der Waals surface area (Å²) in [6, 6.07) is 16.0. The lowest BCUT2D eigenvalue weighted by Crippen LogP contribution is -2.19. The zero-order chi connectivity index (χ0) is 17.8. The number of amides is 1. The number of carbonyl (C=O) groups excluding carboxylic acids is 1. The van der Waals surface area contributed by atoms with E-state index in [0.29, 0.717) is 5.69 Å². The van der Waals surface area contributed by atoms with Crippen LogP contribution in [0.25, 0.3) is 0 Å². The Kier molecular flexibility index (Phi) is 5.19. The van der Waals surface area contributed by atoms with Gasteiger partial charge in [-0.1, -0.05) is 41.4 Å². The Balaban J connectivity index is 1.80. The summed E-state index contributed by atoms with van der Waals surface area (Å²) < 4.78 is 15.2. The normalized spacial score (nSPS) is 12.0. The van der Waals surface area contributed by atoms with Crippen molar-refractivity contribution in [1.29, 1.82) is 0 Å². The van der Waals surface area contributed by atoms with Crippen molar-refractivity contribution in [2.24, 2.45) is 0 Å². The Labute approximate surface area is 151 Å². The number of aromatic nitrogens is 1. The molecule has 3 nitrogen and oxygen atoms in total. The van der Waals surface area contributed by atoms with Gasteiger partial charge < -0.3 is 9.88 Å². The van der Waals surface area contributed by atoms with Crippen molar-refractivity contribution in [2.45, 2.75) is 19.4 Å². The maximum Gasteiger partial charge on any atom is 0.226 e. The average molecular weight is 357 g/mol. The predicted molar refractivity (Wildman–Crippen MR) is 98.4 cm³/mol. The molecular weight excluding hydrogens is 339 g/mol. The van der Waals surface area contributed by atoms with Crippen LogP contribution in [0.1, 0.15) is 23.6 Å². The van der Waals surface area contributed by atoms with E-state index >= 15 is 0 Å². The topological polar surface area (TPSA) is 34.0 Å². The summed E-state index contributed by atoms with van der Waals surface area (Å²) in [6.07, 6.45) is 4.14. The first-order chi connectivity index (χ1) is 12.0. The zero-order valence-electron chi connectivity index (χ0n) is 13.7. The number of rotatable bonds is 5. The van der Waals surface area contributed by atoms with Crippen LogP contribution in [0, 0.1) is 12.7 Å². The monoisotopic (exact) mass is 356 g/mol. The van der Waals surface area contributed by atoms with Crippen LogP contribution in [0.2, 0.25) is 5.02 Å². The van der Waals surface area contributed by atoms with E-state index < -0.39 is 5.82 Å². The summed E-state index contributed by atoms with van der Waals surface area (Å²) >= 11 is 5.77. The van der Waals surface area contributed by atoms with Gasteiger partial charge in [0.25, 0.3) is 0 Å². The van der Waals surface area contributed by atoms with E-state index in [0.717, 1.165) is 11.1 Å². The summed E-state index contributed by atoms with van der Waals surface area (Å²) in [4.78, 5) is 12.5. The van der Waals surface area contributed by atoms with Crippen LogP contribution in [-0.4, -0.2) is 10.5 Å². The van der Waals surface area contributed by atoms with Gasteiger partial charge in [0, 0.05) is 18.1 Å². The highest BCUT2D eigenvalue weighted by Crippen LogP contribution is 2.25. The third-order valence-corrected chi connectivity index (χ3v) is 4.29. The van der Waals surface area contributed by atoms with Crippen LogP contribution in [0.4, 0.5) is 10.1 Å². The fourth-order valence-corrected chi connectivity index (χ4v) is 2.97. The van der Waals surface area contributed by atoms with Gasteiger partial charge in [-0.15, -0.1) is 0 Å². The molecule has 3 rings (SSSR count). The quantitative estimate of drug-likeness (QED) is 0.669. The Hall–Kier alpha value is -2.59. The van der Waals surface area contributed by atoms with Gasteiger partial charge in [-0.25, -0.2) is 4.39 Å². The SMILES string of the molecule is Cc1cccc([C@H](CC(=O)Nc2ccc(F)c(Cl)c2)n2cccc2)c1. The highest BCUT2D eigenvalue weighted by atomic mass is 35.5. The molecule has 0 aliphatic heterocycles. The van der Waals surface area contributed by atoms with Gasteiger partial charge in [0.1, 0.15) is 5.82 Å². The third kappa shape index (κ3) is 4.28. The molecule has 1 amide bonds. The van der Waals surface area contributed by atoms with Crippen molar-refractivity contribution in [3.8, 4) is 0 Å². The fraction of sp³-hybridized carbons (Fsp3) is 0.150. The number of nitrogens with one attached hydrogen (secondary N) is 1. The molecule has 1 aromatic heterocycles. The molecule has 25 heavy (non-hydrogen) atoms. The van der Waals surface area contributed by atoms with Crippen molar-refractivity contribution in [2.75, 3.05) is 5.32 Å². The number of hydrogen-bond donors (Lipinski definition) is 1. The second kappa shape index (κ2) is 7.53. The molecule has 0 aliphatic carbocycles. The Morgan fingerprint density at radius 3 is 2.60 bits per heavy atom. The van der Waals surface area contributed by atoms with Gasteiger partial charge in [-0.05, 0) is 42.8 Å². The van der Waals surface area contributed by atoms with Crippen molar-refractivity contribution in [3.63, 3.8) is 0 Å². The number of hydrogen-bond acceptors (Lipinski definition) is 1. The minimum absolute atomic E-state index is 0.0153. The predicted octanol–water partition coefficient (Wildman–Crippen LogP) is 5.21. The van der Waals surface area contributed by atoms with Crippen molar-refractivity contribution in [3.05, 3.63) is 89.0 Å². The molecule has 1 heterocycles. The second-order valence-corrected chi connectivity index (χ2v) is 6.35. The summed E-state index contributed by atoms with van der Waals surface area (Å²) in [5.74, 6) is -0.674. The van der Waals surface area contributed by atoms with Gasteiger partial charge in [0.05, 0.1) is 17.5 Å². The van der Waals surface area contributed by atoms with Gasteiger partial charge in [0.15, 0.2) is 0 Å². The Bertz CT molecular complexity index is 877. The number of carbonyl (C=O) groups is 1. The zero-order valence-corrected chi connectivity index (χ0v) is 14.5. The first-order valence-electron chi connectivity index (χ1n) is 7.97. The van der Waals surface area contributed by atoms with Crippen molar-refractivity contribution >= 4 is 23.2 Å². The van der Waals surface area contributed by atoms with Crippen LogP contribution in [0.5, 0.6) is 0 Å². The third-order valence-electron chi connectivity index (χ3n) is 4.00. The Morgan fingerprint density at radius 2 is 1.92 bits per heavy atom. The molecule has 128 valence electrons. The van der Waals surface area contributed by atoms with Crippen LogP contribution in [-0.2, 0) is 4.79 Å². The van der Waals surface area contributed by atoms with Crippen LogP contribution in [0.15, 0.2) is 67.0 Å². The summed E-state index contributed by atoms with van der Waals surface area (Å²) in [7, 11) is 0. The molecule has 0 saturated heterocycles. The van der Waals surface area contributed by atoms with Crippen LogP contribution >= 0.6 is 11.6 Å². The lowest BCUT2D eigenvalue weighted by molar-refractivity contribution is -0.116. The van der Waals surface area contributed by atoms with E-state index in [-0.39, 0.29) is 23.4 Å². The average Bonchev–Trinajstić information content (AvgIpc) is 3.10. The molecule has 0 radical (unpaired) electrons. The first-order valence-corrected chi connectivity index (χ1v) is 8.34. The minimum atomic E-state index is -0.510. The fourth-order valence-electron chi connectivity index (χ4n) is 2.79. The molecule has 0 spiro atoms. The maximum atomic E-state index is 13.2. The highest BCUT2D eigenvalue weighted by Gasteiger charge is 2.18. The minimum Gasteiger partial charge on any atom is -0.346 e. The van der Waals surface area contributed by atoms with E-state index in [1.165, 1.54) is 18.2 Å². The number of benzene rings is 2. The molecule has 2 aromatic carbocycles. The molecule has 0 unspecified atom stereocenters. The van der Waals surface area contributed by atoms with Crippen molar-refractivity contribution in [1.82, 2.24) is 4.57 Å². The standard InChI is InChI=1S/C20H18ClFN2O/c1-14-5-4-6-15(11-14)19(24-9-2-3-10-24)13-20(25)23-16-7-8-18(22)17(21)12-16/h2-12,19H,13H2,1H3,(H,23,25)/t19-/m0/s1. The van der Waals surface area contributed by atoms with E-state index in [9.17, 15) is 9.18 Å². The summed E-state index contributed by atoms with van der Waals surface area (Å²) in [5.41, 5.74) is 2.68. The molecule has 0 saturated carbocycles. The first kappa shape index (κ1) is 17.2. The second-order valence-electron chi connectivity index (χ2n) is 5.94. The number of halogens is 2. The number of anilines is 1. The lowest BCUT2D eigenvalue weighted by Gasteiger charge is -2.20. The largest absolute Gasteiger partial charge is 0.346 e. The molecule has 3 aromatic rings. The molecule has 1 atom stereocenters. The van der Waals surface area contributed by atoms with Crippen LogP contribution < -0.4 is 5.32 Å². The van der Waals surface area contributed by atoms with Gasteiger partial charge in [-0.3, -0.25) is 4.79 Å². The molecule has 5 heteroatoms. The molecule has 1 N–H and O–H groups in total. The van der Waals surface area contributed by atoms with Crippen molar-refractivity contribution < 1.29 is 9.18 Å². The molecular formula is C20H18ClFN2O. The van der Waals surface area contributed by atoms with E-state index in [1.54, 1.807) is 0 Å². The van der Waals surface area contributed by atoms with E-state index in [4.69, 9.17) is 11.6 Å². The summed E-state index contributed by atoms with van der Waals surface area (Å²) in [5, 5.41) is 2.77. The maximum absolute atomic E-state index is 13.2.